The fraction of sp³-hybridized carbons (Fsp3) is 1.00. The second kappa shape index (κ2) is 8.80. The van der Waals surface area contributed by atoms with Crippen molar-refractivity contribution in [3.63, 3.8) is 0 Å². The third kappa shape index (κ3) is 15.1. The molecule has 0 aromatic carbocycles. The first-order valence-corrected chi connectivity index (χ1v) is 9.37. The second-order valence-corrected chi connectivity index (χ2v) is 10.9. The summed E-state index contributed by atoms with van der Waals surface area (Å²) in [6, 6.07) is 0. The Morgan fingerprint density at radius 1 is 0.348 bits per heavy atom. The zero-order valence-electron chi connectivity index (χ0n) is 18.2. The monoisotopic (exact) mass is 332 g/mol. The van der Waals surface area contributed by atoms with Crippen LogP contribution in [0.1, 0.15) is 19.3 Å². The van der Waals surface area contributed by atoms with E-state index in [0.717, 1.165) is 13.4 Å². The van der Waals surface area contributed by atoms with Gasteiger partial charge in [-0.1, -0.05) is 0 Å². The number of quaternary nitrogens is 4. The average molecular weight is 333 g/mol. The fourth-order valence-electron chi connectivity index (χ4n) is 3.12. The molecule has 0 unspecified atom stereocenters. The van der Waals surface area contributed by atoms with Gasteiger partial charge in [-0.05, 0) is 0 Å². The van der Waals surface area contributed by atoms with Gasteiger partial charge in [0.1, 0.15) is 0 Å². The second-order valence-electron chi connectivity index (χ2n) is 10.9. The first-order chi connectivity index (χ1) is 10.1. The van der Waals surface area contributed by atoms with Gasteiger partial charge in [0.15, 0.2) is 0 Å². The summed E-state index contributed by atoms with van der Waals surface area (Å²) in [6.07, 6.45) is 3.98. The van der Waals surface area contributed by atoms with Crippen LogP contribution in [0.3, 0.4) is 0 Å². The minimum Gasteiger partial charge on any atom is -0.331 e. The maximum absolute atomic E-state index is 2.49. The standard InChI is InChI=1S/C19H48N4/c1-20(2,3)14-11-17-23(10,18-12-15-21(4,5)6)19-13-16-22(7,8)9/h11-19H2,1-10H3/q+4. The quantitative estimate of drug-likeness (QED) is 0.478. The summed E-state index contributed by atoms with van der Waals surface area (Å²) in [7, 11) is 23.2. The average Bonchev–Trinajstić information content (AvgIpc) is 2.22. The molecule has 0 aliphatic carbocycles. The molecule has 4 heteroatoms. The minimum atomic E-state index is 1.08. The molecule has 0 aliphatic heterocycles. The summed E-state index contributed by atoms with van der Waals surface area (Å²) in [6.45, 7) is 7.80. The van der Waals surface area contributed by atoms with Gasteiger partial charge >= 0.3 is 0 Å². The zero-order valence-corrected chi connectivity index (χ0v) is 18.2. The molecule has 0 N–H and O–H groups in total. The van der Waals surface area contributed by atoms with Gasteiger partial charge in [-0.3, -0.25) is 0 Å². The molecular formula is C19H48N4+4. The van der Waals surface area contributed by atoms with Gasteiger partial charge in [-0.2, -0.15) is 0 Å². The number of nitrogens with zero attached hydrogens (tertiary/aromatic N) is 4. The van der Waals surface area contributed by atoms with Crippen LogP contribution in [0.4, 0.5) is 0 Å². The zero-order chi connectivity index (χ0) is 18.4. The molecule has 0 aliphatic rings. The van der Waals surface area contributed by atoms with Crippen LogP contribution < -0.4 is 0 Å². The predicted molar refractivity (Wildman–Crippen MR) is 103 cm³/mol. The van der Waals surface area contributed by atoms with Crippen molar-refractivity contribution in [1.82, 2.24) is 0 Å². The van der Waals surface area contributed by atoms with Crippen LogP contribution >= 0.6 is 0 Å². The van der Waals surface area contributed by atoms with Gasteiger partial charge in [0.2, 0.25) is 0 Å². The lowest BCUT2D eigenvalue weighted by atomic mass is 10.2. The van der Waals surface area contributed by atoms with Crippen molar-refractivity contribution in [2.75, 3.05) is 110 Å². The van der Waals surface area contributed by atoms with Crippen LogP contribution in [0.25, 0.3) is 0 Å². The highest BCUT2D eigenvalue weighted by Gasteiger charge is 2.24. The fourth-order valence-corrected chi connectivity index (χ4v) is 3.12. The van der Waals surface area contributed by atoms with Crippen molar-refractivity contribution < 1.29 is 17.9 Å². The Hall–Kier alpha value is -0.160. The number of hydrogen-bond acceptors (Lipinski definition) is 0. The molecule has 0 spiro atoms. The van der Waals surface area contributed by atoms with Gasteiger partial charge in [-0.25, -0.2) is 0 Å². The van der Waals surface area contributed by atoms with E-state index in [9.17, 15) is 0 Å². The largest absolute Gasteiger partial charge is 0.331 e. The van der Waals surface area contributed by atoms with E-state index in [2.05, 4.69) is 70.5 Å². The third-order valence-electron chi connectivity index (χ3n) is 4.58. The number of hydrogen-bond donors (Lipinski definition) is 0. The van der Waals surface area contributed by atoms with Gasteiger partial charge in [-0.15, -0.1) is 0 Å². The van der Waals surface area contributed by atoms with Gasteiger partial charge in [0.05, 0.1) is 110 Å². The highest BCUT2D eigenvalue weighted by Crippen LogP contribution is 2.11. The topological polar surface area (TPSA) is 0 Å². The molecule has 0 saturated heterocycles. The molecule has 0 radical (unpaired) electrons. The molecule has 0 aromatic rings. The van der Waals surface area contributed by atoms with Crippen LogP contribution in [0.2, 0.25) is 0 Å². The molecule has 4 nitrogen and oxygen atoms in total. The maximum atomic E-state index is 2.49. The molecule has 23 heavy (non-hydrogen) atoms. The van der Waals surface area contributed by atoms with Crippen molar-refractivity contribution in [2.45, 2.75) is 19.3 Å². The highest BCUT2D eigenvalue weighted by atomic mass is 15.4. The molecule has 0 bridgehead atoms. The molecule has 0 heterocycles. The van der Waals surface area contributed by atoms with Crippen LogP contribution in [0, 0.1) is 0 Å². The first-order valence-electron chi connectivity index (χ1n) is 9.37. The minimum absolute atomic E-state index is 1.08. The van der Waals surface area contributed by atoms with Crippen LogP contribution in [-0.4, -0.2) is 128 Å². The van der Waals surface area contributed by atoms with E-state index < -0.39 is 0 Å². The first kappa shape index (κ1) is 22.8. The number of rotatable bonds is 12. The Bertz CT molecular complexity index is 267. The normalized spacial score (nSPS) is 14.3. The van der Waals surface area contributed by atoms with Crippen molar-refractivity contribution in [3.05, 3.63) is 0 Å². The molecule has 0 rings (SSSR count). The summed E-state index contributed by atoms with van der Waals surface area (Å²) in [4.78, 5) is 0. The lowest BCUT2D eigenvalue weighted by Crippen LogP contribution is -2.50. The van der Waals surface area contributed by atoms with Crippen molar-refractivity contribution >= 4 is 0 Å². The predicted octanol–water partition coefficient (Wildman–Crippen LogP) is 1.72. The van der Waals surface area contributed by atoms with Gasteiger partial charge in [0.25, 0.3) is 0 Å². The Morgan fingerprint density at radius 2 is 0.565 bits per heavy atom. The third-order valence-corrected chi connectivity index (χ3v) is 4.58. The van der Waals surface area contributed by atoms with Gasteiger partial charge < -0.3 is 17.9 Å². The lowest BCUT2D eigenvalue weighted by molar-refractivity contribution is -0.927. The van der Waals surface area contributed by atoms with E-state index in [0.29, 0.717) is 0 Å². The smallest absolute Gasteiger partial charge is 0.0839 e. The van der Waals surface area contributed by atoms with E-state index in [1.54, 1.807) is 0 Å². The van der Waals surface area contributed by atoms with E-state index in [1.165, 1.54) is 63.0 Å². The van der Waals surface area contributed by atoms with Crippen LogP contribution in [0.5, 0.6) is 0 Å². The summed E-state index contributed by atoms with van der Waals surface area (Å²) >= 11 is 0. The Morgan fingerprint density at radius 3 is 0.739 bits per heavy atom. The SMILES string of the molecule is C[N+](C)(C)CCC[N+](C)(CCC[N+](C)(C)C)CCC[N+](C)(C)C. The Kier molecular flexibility index (Phi) is 8.73. The van der Waals surface area contributed by atoms with Crippen LogP contribution in [0.15, 0.2) is 0 Å². The summed E-state index contributed by atoms with van der Waals surface area (Å²) in [5, 5.41) is 0. The molecule has 0 amide bonds. The van der Waals surface area contributed by atoms with E-state index in [1.807, 2.05) is 0 Å². The summed E-state index contributed by atoms with van der Waals surface area (Å²) in [5.74, 6) is 0. The molecule has 140 valence electrons. The molecule has 0 atom stereocenters. The molecular weight excluding hydrogens is 284 g/mol. The van der Waals surface area contributed by atoms with E-state index >= 15 is 0 Å². The maximum Gasteiger partial charge on any atom is 0.0839 e. The van der Waals surface area contributed by atoms with Crippen molar-refractivity contribution in [2.24, 2.45) is 0 Å². The van der Waals surface area contributed by atoms with E-state index in [4.69, 9.17) is 0 Å². The molecule has 0 fully saturated rings. The molecule has 0 aromatic heterocycles. The summed E-state index contributed by atoms with van der Waals surface area (Å²) in [5.41, 5.74) is 0. The van der Waals surface area contributed by atoms with E-state index in [-0.39, 0.29) is 0 Å². The van der Waals surface area contributed by atoms with Gasteiger partial charge in [0, 0.05) is 19.3 Å². The lowest BCUT2D eigenvalue weighted by Gasteiger charge is -2.37. The molecule has 0 saturated carbocycles. The van der Waals surface area contributed by atoms with Crippen molar-refractivity contribution in [1.29, 1.82) is 0 Å². The summed E-state index contributed by atoms with van der Waals surface area (Å²) < 4.78 is 4.49. The van der Waals surface area contributed by atoms with Crippen molar-refractivity contribution in [3.8, 4) is 0 Å². The highest BCUT2D eigenvalue weighted by molar-refractivity contribution is 4.46. The Labute approximate surface area is 147 Å². The Balaban J connectivity index is 4.50. The van der Waals surface area contributed by atoms with Crippen LogP contribution in [-0.2, 0) is 0 Å².